The number of nitrogens with zero attached hydrogens (tertiary/aromatic N) is 1. The summed E-state index contributed by atoms with van der Waals surface area (Å²) in [4.78, 5) is 2.21. The Bertz CT molecular complexity index is 559. The van der Waals surface area contributed by atoms with Crippen LogP contribution in [0, 0.1) is 12.8 Å². The maximum Gasteiger partial charge on any atom is 0.0436 e. The molecule has 0 unspecified atom stereocenters. The van der Waals surface area contributed by atoms with E-state index in [2.05, 4.69) is 73.7 Å². The third-order valence-corrected chi connectivity index (χ3v) is 3.98. The number of nitrogens with one attached hydrogen (secondary N) is 2. The maximum atomic E-state index is 3.96. The lowest BCUT2D eigenvalue weighted by Crippen LogP contribution is -2.29. The van der Waals surface area contributed by atoms with Crippen molar-refractivity contribution in [2.75, 3.05) is 31.6 Å². The Labute approximate surface area is 161 Å². The average molecular weight is 358 g/mol. The minimum atomic E-state index is 0.745. The third kappa shape index (κ3) is 9.47. The Morgan fingerprint density at radius 1 is 1.23 bits per heavy atom. The highest BCUT2D eigenvalue weighted by molar-refractivity contribution is 5.62. The van der Waals surface area contributed by atoms with Crippen LogP contribution in [0.25, 0.3) is 6.08 Å². The summed E-state index contributed by atoms with van der Waals surface area (Å²) >= 11 is 0. The molecule has 1 aromatic rings. The number of rotatable bonds is 11. The van der Waals surface area contributed by atoms with Gasteiger partial charge in [0.05, 0.1) is 0 Å². The monoisotopic (exact) mass is 357 g/mol. The van der Waals surface area contributed by atoms with Gasteiger partial charge < -0.3 is 15.5 Å². The van der Waals surface area contributed by atoms with Gasteiger partial charge in [0.15, 0.2) is 0 Å². The number of anilines is 1. The fourth-order valence-electron chi connectivity index (χ4n) is 2.41. The van der Waals surface area contributed by atoms with Gasteiger partial charge in [-0.05, 0) is 61.3 Å². The molecule has 0 saturated heterocycles. The molecule has 0 amide bonds. The smallest absolute Gasteiger partial charge is 0.0436 e. The van der Waals surface area contributed by atoms with Gasteiger partial charge in [0.25, 0.3) is 0 Å². The minimum Gasteiger partial charge on any atom is -0.389 e. The van der Waals surface area contributed by atoms with Gasteiger partial charge in [-0.3, -0.25) is 0 Å². The first-order valence-corrected chi connectivity index (χ1v) is 9.73. The first kappa shape index (κ1) is 24.0. The van der Waals surface area contributed by atoms with Crippen molar-refractivity contribution in [3.05, 3.63) is 60.5 Å². The highest BCUT2D eigenvalue weighted by Gasteiger charge is 2.06. The van der Waals surface area contributed by atoms with Crippen LogP contribution < -0.4 is 15.5 Å². The van der Waals surface area contributed by atoms with Crippen molar-refractivity contribution in [1.82, 2.24) is 10.6 Å². The summed E-state index contributed by atoms with van der Waals surface area (Å²) in [7, 11) is 1.87. The van der Waals surface area contributed by atoms with Gasteiger partial charge >= 0.3 is 0 Å². The summed E-state index contributed by atoms with van der Waals surface area (Å²) < 4.78 is 0. The van der Waals surface area contributed by atoms with Crippen molar-refractivity contribution in [2.24, 2.45) is 5.92 Å². The molecule has 0 bridgehead atoms. The highest BCUT2D eigenvalue weighted by Crippen LogP contribution is 2.22. The lowest BCUT2D eigenvalue weighted by atomic mass is 10.1. The largest absolute Gasteiger partial charge is 0.389 e. The second-order valence-corrected chi connectivity index (χ2v) is 6.46. The zero-order valence-corrected chi connectivity index (χ0v) is 17.7. The number of likely N-dealkylation sites (N-methyl/N-ethyl adjacent to an activating group) is 1. The molecule has 146 valence electrons. The van der Waals surface area contributed by atoms with Crippen LogP contribution in [0.2, 0.25) is 0 Å². The lowest BCUT2D eigenvalue weighted by Gasteiger charge is -2.23. The summed E-state index contributed by atoms with van der Waals surface area (Å²) in [6.45, 7) is 21.5. The minimum absolute atomic E-state index is 0.745. The number of allylic oxidation sites excluding steroid dienone is 1. The zero-order valence-electron chi connectivity index (χ0n) is 17.7. The molecule has 0 fully saturated rings. The molecule has 0 saturated carbocycles. The van der Waals surface area contributed by atoms with Crippen LogP contribution in [0.1, 0.15) is 45.2 Å². The van der Waals surface area contributed by atoms with E-state index in [9.17, 15) is 0 Å². The predicted molar refractivity (Wildman–Crippen MR) is 120 cm³/mol. The van der Waals surface area contributed by atoms with Crippen molar-refractivity contribution in [1.29, 1.82) is 0 Å². The van der Waals surface area contributed by atoms with Crippen molar-refractivity contribution < 1.29 is 0 Å². The van der Waals surface area contributed by atoms with Crippen LogP contribution >= 0.6 is 0 Å². The molecule has 0 aliphatic heterocycles. The molecular weight excluding hydrogens is 318 g/mol. The van der Waals surface area contributed by atoms with Crippen LogP contribution in [0.4, 0.5) is 5.69 Å². The van der Waals surface area contributed by atoms with Crippen LogP contribution in [0.5, 0.6) is 0 Å². The Kier molecular flexibility index (Phi) is 13.1. The van der Waals surface area contributed by atoms with E-state index >= 15 is 0 Å². The molecule has 26 heavy (non-hydrogen) atoms. The van der Waals surface area contributed by atoms with E-state index in [4.69, 9.17) is 0 Å². The number of benzene rings is 1. The molecule has 1 aromatic carbocycles. The molecule has 1 rings (SSSR count). The predicted octanol–water partition coefficient (Wildman–Crippen LogP) is 5.35. The number of hydrogen-bond acceptors (Lipinski definition) is 3. The summed E-state index contributed by atoms with van der Waals surface area (Å²) in [5, 5.41) is 6.52. The molecule has 0 atom stereocenters. The van der Waals surface area contributed by atoms with E-state index in [-0.39, 0.29) is 0 Å². The van der Waals surface area contributed by atoms with Crippen LogP contribution in [-0.4, -0.2) is 26.7 Å². The van der Waals surface area contributed by atoms with Crippen molar-refractivity contribution in [3.8, 4) is 0 Å². The van der Waals surface area contributed by atoms with Crippen molar-refractivity contribution >= 4 is 11.8 Å². The van der Waals surface area contributed by atoms with Crippen LogP contribution in [0.15, 0.2) is 49.3 Å². The Morgan fingerprint density at radius 3 is 2.46 bits per heavy atom. The average Bonchev–Trinajstić information content (AvgIpc) is 2.64. The Morgan fingerprint density at radius 2 is 1.92 bits per heavy atom. The molecule has 0 aliphatic rings. The van der Waals surface area contributed by atoms with Crippen molar-refractivity contribution in [3.63, 3.8) is 0 Å². The van der Waals surface area contributed by atoms with E-state index in [1.165, 1.54) is 23.2 Å². The normalized spacial score (nSPS) is 10.4. The first-order chi connectivity index (χ1) is 12.5. The van der Waals surface area contributed by atoms with Crippen LogP contribution in [-0.2, 0) is 0 Å². The van der Waals surface area contributed by atoms with Gasteiger partial charge in [-0.1, -0.05) is 53.0 Å². The van der Waals surface area contributed by atoms with Crippen molar-refractivity contribution in [2.45, 2.75) is 41.0 Å². The standard InChI is InChI=1S/C21H33N3.C2H6/c1-7-24(15-14-23-13-12-17(2)3)21-11-10-20(16-18(21)4)9-8-19(5)22-6;1-2/h7-11,16-17,22-23H,1,5,12-15H2,2-4,6H3;1-2H3/b9-8+;. The second kappa shape index (κ2) is 14.2. The molecule has 0 radical (unpaired) electrons. The lowest BCUT2D eigenvalue weighted by molar-refractivity contribution is 0.540. The summed E-state index contributed by atoms with van der Waals surface area (Å²) in [5.74, 6) is 0.745. The zero-order chi connectivity index (χ0) is 19.9. The fourth-order valence-corrected chi connectivity index (χ4v) is 2.41. The molecule has 0 aliphatic carbocycles. The van der Waals surface area contributed by atoms with E-state index in [1.807, 2.05) is 33.2 Å². The summed E-state index contributed by atoms with van der Waals surface area (Å²) in [6, 6.07) is 6.48. The molecule has 0 aromatic heterocycles. The summed E-state index contributed by atoms with van der Waals surface area (Å²) in [6.07, 6.45) is 7.18. The highest BCUT2D eigenvalue weighted by atomic mass is 15.1. The fraction of sp³-hybridized carbons (Fsp3) is 0.478. The van der Waals surface area contributed by atoms with Gasteiger partial charge in [-0.25, -0.2) is 0 Å². The van der Waals surface area contributed by atoms with Gasteiger partial charge in [0.2, 0.25) is 0 Å². The van der Waals surface area contributed by atoms with Gasteiger partial charge in [-0.2, -0.15) is 0 Å². The topological polar surface area (TPSA) is 27.3 Å². The van der Waals surface area contributed by atoms with E-state index in [0.29, 0.717) is 0 Å². The quantitative estimate of drug-likeness (QED) is 0.413. The van der Waals surface area contributed by atoms with E-state index < -0.39 is 0 Å². The molecule has 0 heterocycles. The maximum absolute atomic E-state index is 3.96. The van der Waals surface area contributed by atoms with Gasteiger partial charge in [0.1, 0.15) is 0 Å². The van der Waals surface area contributed by atoms with E-state index in [1.54, 1.807) is 0 Å². The molecule has 3 nitrogen and oxygen atoms in total. The Balaban J connectivity index is 0.00000301. The van der Waals surface area contributed by atoms with Gasteiger partial charge in [-0.15, -0.1) is 0 Å². The third-order valence-electron chi connectivity index (χ3n) is 3.98. The molecule has 3 heteroatoms. The first-order valence-electron chi connectivity index (χ1n) is 9.73. The van der Waals surface area contributed by atoms with Crippen LogP contribution in [0.3, 0.4) is 0 Å². The molecular formula is C23H39N3. The number of aryl methyl sites for hydroxylation is 1. The summed E-state index contributed by atoms with van der Waals surface area (Å²) in [5.41, 5.74) is 4.53. The SMILES string of the molecule is C=CN(CCNCCC(C)C)c1ccc(/C=C/C(=C)NC)cc1C.CC. The second-order valence-electron chi connectivity index (χ2n) is 6.46. The number of hydrogen-bond donors (Lipinski definition) is 2. The van der Waals surface area contributed by atoms with E-state index in [0.717, 1.165) is 31.2 Å². The Hall–Kier alpha value is -2.00. The molecule has 2 N–H and O–H groups in total. The molecule has 0 spiro atoms. The van der Waals surface area contributed by atoms with Gasteiger partial charge in [0, 0.05) is 31.5 Å².